The Kier molecular flexibility index (Phi) is 5.41. The van der Waals surface area contributed by atoms with Crippen LogP contribution in [-0.4, -0.2) is 54.9 Å². The number of ether oxygens (including phenoxy) is 1. The standard InChI is InChI=1S/C17H22F2N2O3/c1-4-24-14-10-6-5-8-12(14)17(18,19)16(23)21-11-7-9-13(21)15(22)20(2)3/h5-6,8,10,13H,4,7,9,11H2,1-3H3/t13-/m1/s1. The number of hydrogen-bond donors (Lipinski definition) is 0. The second kappa shape index (κ2) is 7.15. The van der Waals surface area contributed by atoms with Crippen LogP contribution in [0.1, 0.15) is 25.3 Å². The molecule has 0 unspecified atom stereocenters. The lowest BCUT2D eigenvalue weighted by atomic mass is 10.1. The second-order valence-electron chi connectivity index (χ2n) is 5.89. The summed E-state index contributed by atoms with van der Waals surface area (Å²) in [7, 11) is 3.09. The lowest BCUT2D eigenvalue weighted by Crippen LogP contribution is -2.50. The number of halogens is 2. The van der Waals surface area contributed by atoms with Gasteiger partial charge in [-0.05, 0) is 31.9 Å². The summed E-state index contributed by atoms with van der Waals surface area (Å²) in [4.78, 5) is 27.0. The van der Waals surface area contributed by atoms with Gasteiger partial charge in [0.15, 0.2) is 0 Å². The molecule has 0 aliphatic carbocycles. The van der Waals surface area contributed by atoms with Crippen molar-refractivity contribution in [1.29, 1.82) is 0 Å². The Bertz CT molecular complexity index is 620. The third kappa shape index (κ3) is 3.34. The van der Waals surface area contributed by atoms with Gasteiger partial charge in [0, 0.05) is 20.6 Å². The highest BCUT2D eigenvalue weighted by atomic mass is 19.3. The van der Waals surface area contributed by atoms with Gasteiger partial charge in [-0.2, -0.15) is 8.78 Å². The predicted molar refractivity (Wildman–Crippen MR) is 84.9 cm³/mol. The fraction of sp³-hybridized carbons (Fsp3) is 0.529. The molecule has 2 rings (SSSR count). The van der Waals surface area contributed by atoms with E-state index in [0.717, 1.165) is 4.90 Å². The molecular weight excluding hydrogens is 318 g/mol. The Hall–Kier alpha value is -2.18. The van der Waals surface area contributed by atoms with Gasteiger partial charge in [-0.15, -0.1) is 0 Å². The Morgan fingerprint density at radius 1 is 1.33 bits per heavy atom. The second-order valence-corrected chi connectivity index (χ2v) is 5.89. The minimum Gasteiger partial charge on any atom is -0.493 e. The number of carbonyl (C=O) groups is 2. The van der Waals surface area contributed by atoms with E-state index >= 15 is 0 Å². The molecule has 1 aromatic carbocycles. The van der Waals surface area contributed by atoms with Gasteiger partial charge in [0.1, 0.15) is 11.8 Å². The van der Waals surface area contributed by atoms with Gasteiger partial charge in [0.2, 0.25) is 5.91 Å². The van der Waals surface area contributed by atoms with E-state index in [9.17, 15) is 18.4 Å². The van der Waals surface area contributed by atoms with E-state index in [4.69, 9.17) is 4.74 Å². The average molecular weight is 340 g/mol. The van der Waals surface area contributed by atoms with E-state index in [1.54, 1.807) is 27.1 Å². The smallest absolute Gasteiger partial charge is 0.353 e. The van der Waals surface area contributed by atoms with Gasteiger partial charge >= 0.3 is 5.92 Å². The zero-order valence-corrected chi connectivity index (χ0v) is 14.1. The highest BCUT2D eigenvalue weighted by molar-refractivity contribution is 5.92. The van der Waals surface area contributed by atoms with Crippen molar-refractivity contribution in [2.45, 2.75) is 31.7 Å². The summed E-state index contributed by atoms with van der Waals surface area (Å²) in [5.41, 5.74) is -0.472. The molecular formula is C17H22F2N2O3. The van der Waals surface area contributed by atoms with Gasteiger partial charge < -0.3 is 14.5 Å². The number of alkyl halides is 2. The Labute approximate surface area is 140 Å². The van der Waals surface area contributed by atoms with Gasteiger partial charge in [0.05, 0.1) is 12.2 Å². The SMILES string of the molecule is CCOc1ccccc1C(F)(F)C(=O)N1CCC[C@@H]1C(=O)N(C)C. The molecule has 0 bridgehead atoms. The van der Waals surface area contributed by atoms with Crippen molar-refractivity contribution >= 4 is 11.8 Å². The maximum Gasteiger partial charge on any atom is 0.353 e. The third-order valence-electron chi connectivity index (χ3n) is 4.03. The average Bonchev–Trinajstić information content (AvgIpc) is 3.03. The number of amides is 2. The molecule has 5 nitrogen and oxygen atoms in total. The Balaban J connectivity index is 2.32. The first-order valence-corrected chi connectivity index (χ1v) is 7.93. The van der Waals surface area contributed by atoms with Crippen molar-refractivity contribution in [1.82, 2.24) is 9.80 Å². The zero-order valence-electron chi connectivity index (χ0n) is 14.1. The van der Waals surface area contributed by atoms with Crippen LogP contribution in [0.5, 0.6) is 5.75 Å². The number of para-hydroxylation sites is 1. The van der Waals surface area contributed by atoms with Crippen LogP contribution in [0.2, 0.25) is 0 Å². The molecule has 0 spiro atoms. The molecule has 1 aliphatic heterocycles. The molecule has 0 saturated carbocycles. The molecule has 24 heavy (non-hydrogen) atoms. The van der Waals surface area contributed by atoms with Crippen molar-refractivity contribution in [3.63, 3.8) is 0 Å². The summed E-state index contributed by atoms with van der Waals surface area (Å²) in [5, 5.41) is 0. The number of likely N-dealkylation sites (tertiary alicyclic amines) is 1. The van der Waals surface area contributed by atoms with Crippen LogP contribution in [-0.2, 0) is 15.5 Å². The lowest BCUT2D eigenvalue weighted by molar-refractivity contribution is -0.163. The molecule has 7 heteroatoms. The summed E-state index contributed by atoms with van der Waals surface area (Å²) in [6.07, 6.45) is 0.922. The maximum atomic E-state index is 14.8. The quantitative estimate of drug-likeness (QED) is 0.826. The van der Waals surface area contributed by atoms with E-state index in [1.807, 2.05) is 0 Å². The first-order chi connectivity index (χ1) is 11.3. The molecule has 1 aliphatic rings. The van der Waals surface area contributed by atoms with Crippen LogP contribution < -0.4 is 4.74 Å². The number of carbonyl (C=O) groups excluding carboxylic acids is 2. The molecule has 1 fully saturated rings. The van der Waals surface area contributed by atoms with Crippen LogP contribution in [0, 0.1) is 0 Å². The minimum atomic E-state index is -3.75. The monoisotopic (exact) mass is 340 g/mol. The fourth-order valence-electron chi connectivity index (χ4n) is 2.87. The molecule has 1 saturated heterocycles. The van der Waals surface area contributed by atoms with Gasteiger partial charge in [-0.1, -0.05) is 12.1 Å². The summed E-state index contributed by atoms with van der Waals surface area (Å²) in [5.74, 6) is -5.46. The van der Waals surface area contributed by atoms with Crippen LogP contribution in [0.25, 0.3) is 0 Å². The van der Waals surface area contributed by atoms with E-state index < -0.39 is 23.4 Å². The highest BCUT2D eigenvalue weighted by Crippen LogP contribution is 2.38. The molecule has 1 heterocycles. The molecule has 2 amide bonds. The van der Waals surface area contributed by atoms with Crippen LogP contribution in [0.4, 0.5) is 8.78 Å². The van der Waals surface area contributed by atoms with Gasteiger partial charge in [0.25, 0.3) is 5.91 Å². The summed E-state index contributed by atoms with van der Waals surface area (Å²) in [6.45, 7) is 2.05. The fourth-order valence-corrected chi connectivity index (χ4v) is 2.87. The maximum absolute atomic E-state index is 14.8. The Morgan fingerprint density at radius 2 is 2.00 bits per heavy atom. The number of hydrogen-bond acceptors (Lipinski definition) is 3. The van der Waals surface area contributed by atoms with E-state index in [2.05, 4.69) is 0 Å². The largest absolute Gasteiger partial charge is 0.493 e. The predicted octanol–water partition coefficient (Wildman–Crippen LogP) is 2.26. The number of nitrogens with zero attached hydrogens (tertiary/aromatic N) is 2. The van der Waals surface area contributed by atoms with Crippen molar-refractivity contribution < 1.29 is 23.1 Å². The third-order valence-corrected chi connectivity index (χ3v) is 4.03. The molecule has 1 atom stereocenters. The number of likely N-dealkylation sites (N-methyl/N-ethyl adjacent to an activating group) is 1. The van der Waals surface area contributed by atoms with Gasteiger partial charge in [-0.3, -0.25) is 9.59 Å². The van der Waals surface area contributed by atoms with Crippen LogP contribution in [0.15, 0.2) is 24.3 Å². The van der Waals surface area contributed by atoms with E-state index in [0.29, 0.717) is 12.8 Å². The first-order valence-electron chi connectivity index (χ1n) is 7.93. The van der Waals surface area contributed by atoms with Crippen molar-refractivity contribution in [2.24, 2.45) is 0 Å². The van der Waals surface area contributed by atoms with Crippen LogP contribution >= 0.6 is 0 Å². The zero-order chi connectivity index (χ0) is 17.9. The van der Waals surface area contributed by atoms with E-state index in [1.165, 1.54) is 23.1 Å². The van der Waals surface area contributed by atoms with Crippen molar-refractivity contribution in [3.8, 4) is 5.75 Å². The summed E-state index contributed by atoms with van der Waals surface area (Å²) >= 11 is 0. The van der Waals surface area contributed by atoms with E-state index in [-0.39, 0.29) is 24.8 Å². The molecule has 132 valence electrons. The molecule has 0 N–H and O–H groups in total. The minimum absolute atomic E-state index is 0.0203. The number of rotatable bonds is 5. The summed E-state index contributed by atoms with van der Waals surface area (Å²) < 4.78 is 34.9. The topological polar surface area (TPSA) is 49.9 Å². The Morgan fingerprint density at radius 3 is 2.62 bits per heavy atom. The van der Waals surface area contributed by atoms with Crippen LogP contribution in [0.3, 0.4) is 0 Å². The molecule has 0 aromatic heterocycles. The van der Waals surface area contributed by atoms with Crippen molar-refractivity contribution in [3.05, 3.63) is 29.8 Å². The molecule has 0 radical (unpaired) electrons. The highest BCUT2D eigenvalue weighted by Gasteiger charge is 2.50. The number of benzene rings is 1. The first kappa shape index (κ1) is 18.2. The van der Waals surface area contributed by atoms with Gasteiger partial charge in [-0.25, -0.2) is 0 Å². The molecule has 1 aromatic rings. The summed E-state index contributed by atoms with van der Waals surface area (Å²) in [6, 6.07) is 4.76. The van der Waals surface area contributed by atoms with Crippen molar-refractivity contribution in [2.75, 3.05) is 27.2 Å². The normalized spacial score (nSPS) is 17.7. The lowest BCUT2D eigenvalue weighted by Gasteiger charge is -2.30.